The molecule has 0 aromatic heterocycles. The molecule has 0 aromatic rings. The predicted octanol–water partition coefficient (Wildman–Crippen LogP) is 1.56. The maximum atomic E-state index is 5.22. The number of ether oxygens (including phenoxy) is 1. The average Bonchev–Trinajstić information content (AvgIpc) is 1.87. The highest BCUT2D eigenvalue weighted by Crippen LogP contribution is 2.18. The van der Waals surface area contributed by atoms with Crippen LogP contribution in [0, 0.1) is 0 Å². The van der Waals surface area contributed by atoms with E-state index >= 15 is 0 Å². The lowest BCUT2D eigenvalue weighted by atomic mass is 10.3. The van der Waals surface area contributed by atoms with Gasteiger partial charge >= 0.3 is 0 Å². The summed E-state index contributed by atoms with van der Waals surface area (Å²) in [6.45, 7) is 2.99. The molecule has 7 heavy (non-hydrogen) atoms. The average molecular weight is 165 g/mol. The minimum atomic E-state index is 0.476. The molecule has 1 fully saturated rings. The number of hydrogen-bond donors (Lipinski definition) is 0. The molecule has 0 radical (unpaired) electrons. The third-order valence-corrected chi connectivity index (χ3v) is 1.79. The molecule has 0 bridgehead atoms. The molecule has 0 saturated carbocycles. The quantitative estimate of drug-likeness (QED) is 0.495. The van der Waals surface area contributed by atoms with Gasteiger partial charge in [-0.15, -0.1) is 0 Å². The Balaban J connectivity index is 2.26. The van der Waals surface area contributed by atoms with E-state index in [9.17, 15) is 0 Å². The van der Waals surface area contributed by atoms with Gasteiger partial charge in [0, 0.05) is 4.83 Å². The van der Waals surface area contributed by atoms with Gasteiger partial charge < -0.3 is 4.74 Å². The van der Waals surface area contributed by atoms with Crippen molar-refractivity contribution in [1.82, 2.24) is 0 Å². The fourth-order valence-corrected chi connectivity index (χ4v) is 1.44. The van der Waals surface area contributed by atoms with Crippen molar-refractivity contribution in [3.05, 3.63) is 0 Å². The van der Waals surface area contributed by atoms with E-state index in [4.69, 9.17) is 4.74 Å². The van der Waals surface area contributed by atoms with Crippen LogP contribution in [0.25, 0.3) is 0 Å². The van der Waals surface area contributed by atoms with E-state index in [1.807, 2.05) is 0 Å². The molecule has 0 aromatic carbocycles. The third kappa shape index (κ3) is 1.42. The SMILES string of the molecule is CC1CC(Br)CO1. The Morgan fingerprint density at radius 2 is 2.43 bits per heavy atom. The lowest BCUT2D eigenvalue weighted by Crippen LogP contribution is -1.95. The summed E-state index contributed by atoms with van der Waals surface area (Å²) in [5.41, 5.74) is 0. The molecular weight excluding hydrogens is 156 g/mol. The van der Waals surface area contributed by atoms with Crippen molar-refractivity contribution >= 4 is 15.9 Å². The molecule has 0 amide bonds. The molecule has 1 aliphatic rings. The second-order valence-electron chi connectivity index (χ2n) is 1.98. The summed E-state index contributed by atoms with van der Waals surface area (Å²) in [7, 11) is 0. The monoisotopic (exact) mass is 164 g/mol. The molecule has 2 atom stereocenters. The van der Waals surface area contributed by atoms with E-state index in [0.29, 0.717) is 10.9 Å². The van der Waals surface area contributed by atoms with Crippen LogP contribution in [0.4, 0.5) is 0 Å². The summed E-state index contributed by atoms with van der Waals surface area (Å²) in [6.07, 6.45) is 1.64. The fraction of sp³-hybridized carbons (Fsp3) is 1.00. The molecular formula is C5H9BrO. The van der Waals surface area contributed by atoms with Crippen LogP contribution >= 0.6 is 15.9 Å². The van der Waals surface area contributed by atoms with Gasteiger partial charge in [0.2, 0.25) is 0 Å². The maximum Gasteiger partial charge on any atom is 0.0596 e. The highest BCUT2D eigenvalue weighted by molar-refractivity contribution is 9.09. The highest BCUT2D eigenvalue weighted by Gasteiger charge is 2.18. The van der Waals surface area contributed by atoms with Gasteiger partial charge in [0.25, 0.3) is 0 Å². The van der Waals surface area contributed by atoms with E-state index in [2.05, 4.69) is 22.9 Å². The van der Waals surface area contributed by atoms with Crippen molar-refractivity contribution in [3.8, 4) is 0 Å². The summed E-state index contributed by atoms with van der Waals surface area (Å²) < 4.78 is 5.22. The zero-order valence-electron chi connectivity index (χ0n) is 4.36. The van der Waals surface area contributed by atoms with Crippen molar-refractivity contribution in [2.45, 2.75) is 24.3 Å². The number of hydrogen-bond acceptors (Lipinski definition) is 1. The Morgan fingerprint density at radius 1 is 1.71 bits per heavy atom. The molecule has 2 unspecified atom stereocenters. The first-order valence-corrected chi connectivity index (χ1v) is 3.46. The Hall–Kier alpha value is 0.440. The predicted molar refractivity (Wildman–Crippen MR) is 32.7 cm³/mol. The molecule has 0 N–H and O–H groups in total. The van der Waals surface area contributed by atoms with Crippen molar-refractivity contribution in [1.29, 1.82) is 0 Å². The first-order chi connectivity index (χ1) is 3.29. The van der Waals surface area contributed by atoms with Gasteiger partial charge in [-0.25, -0.2) is 0 Å². The van der Waals surface area contributed by atoms with Gasteiger partial charge in [0.15, 0.2) is 0 Å². The normalized spacial score (nSPS) is 42.0. The van der Waals surface area contributed by atoms with Gasteiger partial charge in [-0.2, -0.15) is 0 Å². The summed E-state index contributed by atoms with van der Waals surface area (Å²) in [6, 6.07) is 0. The van der Waals surface area contributed by atoms with Crippen LogP contribution in [-0.2, 0) is 4.74 Å². The van der Waals surface area contributed by atoms with E-state index < -0.39 is 0 Å². The number of alkyl halides is 1. The largest absolute Gasteiger partial charge is 0.377 e. The van der Waals surface area contributed by atoms with Crippen LogP contribution in [0.5, 0.6) is 0 Å². The summed E-state index contributed by atoms with van der Waals surface area (Å²) in [5, 5.41) is 0. The second kappa shape index (κ2) is 2.14. The van der Waals surface area contributed by atoms with Gasteiger partial charge in [0.05, 0.1) is 12.7 Å². The van der Waals surface area contributed by atoms with E-state index in [1.165, 1.54) is 6.42 Å². The Kier molecular flexibility index (Phi) is 1.70. The van der Waals surface area contributed by atoms with Crippen LogP contribution in [0.2, 0.25) is 0 Å². The molecule has 1 nitrogen and oxygen atoms in total. The first-order valence-electron chi connectivity index (χ1n) is 2.54. The summed E-state index contributed by atoms with van der Waals surface area (Å²) >= 11 is 3.45. The lowest BCUT2D eigenvalue weighted by Gasteiger charge is -1.94. The van der Waals surface area contributed by atoms with Crippen molar-refractivity contribution in [2.24, 2.45) is 0 Å². The maximum absolute atomic E-state index is 5.22. The summed E-state index contributed by atoms with van der Waals surface area (Å²) in [5.74, 6) is 0. The minimum absolute atomic E-state index is 0.476. The van der Waals surface area contributed by atoms with Gasteiger partial charge in [-0.1, -0.05) is 15.9 Å². The smallest absolute Gasteiger partial charge is 0.0596 e. The minimum Gasteiger partial charge on any atom is -0.377 e. The highest BCUT2D eigenvalue weighted by atomic mass is 79.9. The zero-order chi connectivity index (χ0) is 5.28. The molecule has 1 heterocycles. The Morgan fingerprint density at radius 3 is 2.57 bits per heavy atom. The van der Waals surface area contributed by atoms with Gasteiger partial charge in [0.1, 0.15) is 0 Å². The van der Waals surface area contributed by atoms with Crippen LogP contribution in [0.3, 0.4) is 0 Å². The van der Waals surface area contributed by atoms with E-state index in [0.717, 1.165) is 6.61 Å². The molecule has 0 aliphatic carbocycles. The number of halogens is 1. The first kappa shape index (κ1) is 5.57. The van der Waals surface area contributed by atoms with Crippen LogP contribution < -0.4 is 0 Å². The van der Waals surface area contributed by atoms with Crippen molar-refractivity contribution < 1.29 is 4.74 Å². The molecule has 0 spiro atoms. The van der Waals surface area contributed by atoms with E-state index in [1.54, 1.807) is 0 Å². The zero-order valence-corrected chi connectivity index (χ0v) is 5.94. The Labute approximate surface area is 52.2 Å². The standard InChI is InChI=1S/C5H9BrO/c1-4-2-5(6)3-7-4/h4-5H,2-3H2,1H3. The van der Waals surface area contributed by atoms with Crippen molar-refractivity contribution in [2.75, 3.05) is 6.61 Å². The Bertz CT molecular complexity index is 57.1. The van der Waals surface area contributed by atoms with E-state index in [-0.39, 0.29) is 0 Å². The lowest BCUT2D eigenvalue weighted by molar-refractivity contribution is 0.126. The molecule has 1 saturated heterocycles. The summed E-state index contributed by atoms with van der Waals surface area (Å²) in [4.78, 5) is 0.613. The van der Waals surface area contributed by atoms with Crippen LogP contribution in [0.15, 0.2) is 0 Å². The second-order valence-corrected chi connectivity index (χ2v) is 3.27. The molecule has 1 aliphatic heterocycles. The van der Waals surface area contributed by atoms with Crippen LogP contribution in [0.1, 0.15) is 13.3 Å². The number of rotatable bonds is 0. The van der Waals surface area contributed by atoms with Gasteiger partial charge in [-0.05, 0) is 13.3 Å². The molecule has 42 valence electrons. The van der Waals surface area contributed by atoms with Crippen LogP contribution in [-0.4, -0.2) is 17.5 Å². The molecule has 1 rings (SSSR count). The third-order valence-electron chi connectivity index (χ3n) is 1.15. The topological polar surface area (TPSA) is 9.23 Å². The van der Waals surface area contributed by atoms with Gasteiger partial charge in [-0.3, -0.25) is 0 Å². The molecule has 2 heteroatoms. The van der Waals surface area contributed by atoms with Crippen molar-refractivity contribution in [3.63, 3.8) is 0 Å². The fourth-order valence-electron chi connectivity index (χ4n) is 0.765.